The van der Waals surface area contributed by atoms with Gasteiger partial charge in [-0.25, -0.2) is 4.98 Å². The van der Waals surface area contributed by atoms with Crippen molar-refractivity contribution in [2.24, 2.45) is 11.8 Å². The molecule has 0 bridgehead atoms. The summed E-state index contributed by atoms with van der Waals surface area (Å²) >= 11 is 0. The number of rotatable bonds is 8. The van der Waals surface area contributed by atoms with E-state index in [2.05, 4.69) is 58.3 Å². The van der Waals surface area contributed by atoms with Crippen LogP contribution in [0.3, 0.4) is 0 Å². The Hall–Kier alpha value is -2.99. The van der Waals surface area contributed by atoms with Crippen molar-refractivity contribution in [2.45, 2.75) is 52.6 Å². The Morgan fingerprint density at radius 3 is 2.52 bits per heavy atom. The molecule has 0 aliphatic carbocycles. The fourth-order valence-electron chi connectivity index (χ4n) is 4.90. The van der Waals surface area contributed by atoms with Crippen molar-refractivity contribution in [3.05, 3.63) is 75.8 Å². The van der Waals surface area contributed by atoms with Crippen molar-refractivity contribution in [3.8, 4) is 0 Å². The summed E-state index contributed by atoms with van der Waals surface area (Å²) in [5.41, 5.74) is 2.98. The molecule has 1 aliphatic rings. The van der Waals surface area contributed by atoms with Crippen LogP contribution >= 0.6 is 0 Å². The topological polar surface area (TPSA) is 78.1 Å². The SMILES string of the molecule is CC1CC(C)CN(Cc2ccc(CNC(=O)CCCc3nc4ccccc4c(=O)[nH]3)cc2)C1. The maximum absolute atomic E-state index is 12.3. The first-order chi connectivity index (χ1) is 16.0. The maximum atomic E-state index is 12.3. The summed E-state index contributed by atoms with van der Waals surface area (Å²) in [5.74, 6) is 2.17. The summed E-state index contributed by atoms with van der Waals surface area (Å²) in [7, 11) is 0. The van der Waals surface area contributed by atoms with Crippen LogP contribution in [-0.4, -0.2) is 33.9 Å². The van der Waals surface area contributed by atoms with Crippen LogP contribution in [0.1, 0.15) is 50.1 Å². The fourth-order valence-corrected chi connectivity index (χ4v) is 4.90. The van der Waals surface area contributed by atoms with Crippen molar-refractivity contribution < 1.29 is 4.79 Å². The molecule has 0 radical (unpaired) electrons. The second-order valence-electron chi connectivity index (χ2n) is 9.62. The number of fused-ring (bicyclic) bond motifs is 1. The molecule has 2 atom stereocenters. The van der Waals surface area contributed by atoms with Crippen LogP contribution in [0.15, 0.2) is 53.3 Å². The molecule has 1 aromatic heterocycles. The number of aromatic nitrogens is 2. The Balaban J connectivity index is 1.20. The van der Waals surface area contributed by atoms with E-state index >= 15 is 0 Å². The molecule has 1 saturated heterocycles. The first-order valence-electron chi connectivity index (χ1n) is 12.0. The highest BCUT2D eigenvalue weighted by atomic mass is 16.1. The number of hydrogen-bond donors (Lipinski definition) is 2. The molecule has 0 spiro atoms. The van der Waals surface area contributed by atoms with Gasteiger partial charge in [0.25, 0.3) is 5.56 Å². The van der Waals surface area contributed by atoms with Gasteiger partial charge in [0, 0.05) is 39.0 Å². The second kappa shape index (κ2) is 10.8. The van der Waals surface area contributed by atoms with Crippen molar-refractivity contribution in [2.75, 3.05) is 13.1 Å². The van der Waals surface area contributed by atoms with Crippen LogP contribution in [0.4, 0.5) is 0 Å². The number of likely N-dealkylation sites (tertiary alicyclic amines) is 1. The lowest BCUT2D eigenvalue weighted by atomic mass is 9.91. The van der Waals surface area contributed by atoms with Crippen LogP contribution in [0.5, 0.6) is 0 Å². The number of amides is 1. The highest BCUT2D eigenvalue weighted by Gasteiger charge is 2.21. The third-order valence-electron chi connectivity index (χ3n) is 6.34. The number of hydrogen-bond acceptors (Lipinski definition) is 4. The third kappa shape index (κ3) is 6.51. The number of piperidine rings is 1. The van der Waals surface area contributed by atoms with Crippen LogP contribution < -0.4 is 10.9 Å². The molecule has 0 saturated carbocycles. The van der Waals surface area contributed by atoms with Crippen LogP contribution in [-0.2, 0) is 24.3 Å². The Labute approximate surface area is 195 Å². The normalized spacial score (nSPS) is 19.0. The van der Waals surface area contributed by atoms with Gasteiger partial charge in [0.05, 0.1) is 10.9 Å². The first-order valence-corrected chi connectivity index (χ1v) is 12.0. The zero-order valence-electron chi connectivity index (χ0n) is 19.6. The minimum atomic E-state index is -0.132. The van der Waals surface area contributed by atoms with E-state index < -0.39 is 0 Å². The predicted molar refractivity (Wildman–Crippen MR) is 132 cm³/mol. The average Bonchev–Trinajstić information content (AvgIpc) is 2.78. The van der Waals surface area contributed by atoms with Gasteiger partial charge in [-0.05, 0) is 47.9 Å². The number of carbonyl (C=O) groups is 1. The second-order valence-corrected chi connectivity index (χ2v) is 9.62. The highest BCUT2D eigenvalue weighted by molar-refractivity contribution is 5.77. The van der Waals surface area contributed by atoms with Gasteiger partial charge in [-0.1, -0.05) is 50.2 Å². The van der Waals surface area contributed by atoms with Crippen LogP contribution in [0, 0.1) is 11.8 Å². The largest absolute Gasteiger partial charge is 0.352 e. The van der Waals surface area contributed by atoms with Gasteiger partial charge >= 0.3 is 0 Å². The first kappa shape index (κ1) is 23.2. The number of nitrogens with zero attached hydrogens (tertiary/aromatic N) is 2. The Morgan fingerprint density at radius 1 is 1.06 bits per heavy atom. The predicted octanol–water partition coefficient (Wildman–Crippen LogP) is 4.04. The zero-order chi connectivity index (χ0) is 23.2. The number of benzene rings is 2. The lowest BCUT2D eigenvalue weighted by Crippen LogP contribution is -2.38. The smallest absolute Gasteiger partial charge is 0.258 e. The molecule has 174 valence electrons. The van der Waals surface area contributed by atoms with E-state index in [0.29, 0.717) is 42.5 Å². The lowest BCUT2D eigenvalue weighted by Gasteiger charge is -2.35. The molecule has 1 aliphatic heterocycles. The minimum Gasteiger partial charge on any atom is -0.352 e. The minimum absolute atomic E-state index is 0.0125. The molecule has 33 heavy (non-hydrogen) atoms. The molecule has 2 heterocycles. The van der Waals surface area contributed by atoms with E-state index in [1.807, 2.05) is 18.2 Å². The fraction of sp³-hybridized carbons (Fsp3) is 0.444. The van der Waals surface area contributed by atoms with Crippen LogP contribution in [0.2, 0.25) is 0 Å². The molecule has 2 N–H and O–H groups in total. The molecule has 6 nitrogen and oxygen atoms in total. The summed E-state index contributed by atoms with van der Waals surface area (Å²) in [6, 6.07) is 15.9. The molecule has 1 amide bonds. The summed E-state index contributed by atoms with van der Waals surface area (Å²) in [6.07, 6.45) is 2.93. The molecule has 3 aromatic rings. The van der Waals surface area contributed by atoms with Gasteiger partial charge in [0.15, 0.2) is 0 Å². The van der Waals surface area contributed by atoms with E-state index in [9.17, 15) is 9.59 Å². The summed E-state index contributed by atoms with van der Waals surface area (Å²) < 4.78 is 0. The van der Waals surface area contributed by atoms with Gasteiger partial charge in [-0.2, -0.15) is 0 Å². The van der Waals surface area contributed by atoms with E-state index in [-0.39, 0.29) is 11.5 Å². The number of para-hydroxylation sites is 1. The molecular formula is C27H34N4O2. The van der Waals surface area contributed by atoms with Crippen molar-refractivity contribution >= 4 is 16.8 Å². The van der Waals surface area contributed by atoms with Gasteiger partial charge < -0.3 is 10.3 Å². The van der Waals surface area contributed by atoms with Crippen LogP contribution in [0.25, 0.3) is 10.9 Å². The number of carbonyl (C=O) groups excluding carboxylic acids is 1. The monoisotopic (exact) mass is 446 g/mol. The molecule has 2 unspecified atom stereocenters. The van der Waals surface area contributed by atoms with Gasteiger partial charge in [-0.15, -0.1) is 0 Å². The Morgan fingerprint density at radius 2 is 1.76 bits per heavy atom. The lowest BCUT2D eigenvalue weighted by molar-refractivity contribution is -0.121. The molecule has 2 aromatic carbocycles. The van der Waals surface area contributed by atoms with Gasteiger partial charge in [0.2, 0.25) is 5.91 Å². The van der Waals surface area contributed by atoms with Crippen molar-refractivity contribution in [1.29, 1.82) is 0 Å². The zero-order valence-corrected chi connectivity index (χ0v) is 19.6. The van der Waals surface area contributed by atoms with Gasteiger partial charge in [-0.3, -0.25) is 14.5 Å². The van der Waals surface area contributed by atoms with E-state index in [0.717, 1.165) is 23.9 Å². The molecular weight excluding hydrogens is 412 g/mol. The number of aryl methyl sites for hydroxylation is 1. The number of aromatic amines is 1. The number of H-pyrrole nitrogens is 1. The Kier molecular flexibility index (Phi) is 7.55. The number of nitrogens with one attached hydrogen (secondary N) is 2. The van der Waals surface area contributed by atoms with Crippen molar-refractivity contribution in [1.82, 2.24) is 20.2 Å². The van der Waals surface area contributed by atoms with Gasteiger partial charge in [0.1, 0.15) is 5.82 Å². The van der Waals surface area contributed by atoms with E-state index in [1.54, 1.807) is 6.07 Å². The molecule has 6 heteroatoms. The summed E-state index contributed by atoms with van der Waals surface area (Å²) in [5, 5.41) is 3.58. The van der Waals surface area contributed by atoms with Crippen molar-refractivity contribution in [3.63, 3.8) is 0 Å². The highest BCUT2D eigenvalue weighted by Crippen LogP contribution is 2.22. The van der Waals surface area contributed by atoms with E-state index in [4.69, 9.17) is 0 Å². The van der Waals surface area contributed by atoms with E-state index in [1.165, 1.54) is 25.1 Å². The quantitative estimate of drug-likeness (QED) is 0.547. The maximum Gasteiger partial charge on any atom is 0.258 e. The standard InChI is InChI=1S/C27H34N4O2/c1-19-14-20(2)17-31(16-19)18-22-12-10-21(11-13-22)15-28-26(32)9-5-8-25-29-24-7-4-3-6-23(24)27(33)30-25/h3-4,6-7,10-13,19-20H,5,8-9,14-18H2,1-2H3,(H,28,32)(H,29,30,33). The average molecular weight is 447 g/mol. The third-order valence-corrected chi connectivity index (χ3v) is 6.34. The molecule has 1 fully saturated rings. The molecule has 4 rings (SSSR count). The Bertz CT molecular complexity index is 1130. The summed E-state index contributed by atoms with van der Waals surface area (Å²) in [6.45, 7) is 8.54. The summed E-state index contributed by atoms with van der Waals surface area (Å²) in [4.78, 5) is 34.3.